The predicted octanol–water partition coefficient (Wildman–Crippen LogP) is 4.13. The van der Waals surface area contributed by atoms with Crippen molar-refractivity contribution in [1.82, 2.24) is 9.88 Å². The Bertz CT molecular complexity index is 915. The number of anilines is 1. The maximum Gasteiger partial charge on any atom is 0.233 e. The van der Waals surface area contributed by atoms with Crippen molar-refractivity contribution in [3.8, 4) is 0 Å². The van der Waals surface area contributed by atoms with E-state index in [0.29, 0.717) is 22.9 Å². The second-order valence-electron chi connectivity index (χ2n) is 6.23. The third-order valence-corrected chi connectivity index (χ3v) is 4.97. The number of para-hydroxylation sites is 1. The molecule has 0 aliphatic carbocycles. The van der Waals surface area contributed by atoms with Crippen molar-refractivity contribution in [3.05, 3.63) is 59.7 Å². The Kier molecular flexibility index (Phi) is 7.24. The van der Waals surface area contributed by atoms with Crippen LogP contribution in [0.3, 0.4) is 0 Å². The van der Waals surface area contributed by atoms with Gasteiger partial charge in [-0.2, -0.15) is 0 Å². The van der Waals surface area contributed by atoms with E-state index in [2.05, 4.69) is 4.98 Å². The van der Waals surface area contributed by atoms with E-state index in [4.69, 9.17) is 0 Å². The third-order valence-electron chi connectivity index (χ3n) is 3.93. The van der Waals surface area contributed by atoms with Crippen LogP contribution in [-0.2, 0) is 11.2 Å². The third kappa shape index (κ3) is 5.22. The minimum absolute atomic E-state index is 0. The van der Waals surface area contributed by atoms with Crippen LogP contribution in [0.25, 0.3) is 10.2 Å². The topological polar surface area (TPSA) is 36.4 Å². The summed E-state index contributed by atoms with van der Waals surface area (Å²) in [7, 11) is 3.83. The molecule has 2 aromatic carbocycles. The zero-order valence-corrected chi connectivity index (χ0v) is 16.6. The SMILES string of the molecule is CN(C)CCN(C(=O)Cc1ccc(F)cc1)c1nc2c(F)cccc2s1.Cl. The number of halogens is 3. The van der Waals surface area contributed by atoms with Gasteiger partial charge in [0.25, 0.3) is 0 Å². The molecule has 27 heavy (non-hydrogen) atoms. The maximum atomic E-state index is 14.0. The zero-order chi connectivity index (χ0) is 18.7. The standard InChI is InChI=1S/C19H19F2N3OS.ClH/c1-23(2)10-11-24(17(25)12-13-6-8-14(20)9-7-13)19-22-18-15(21)4-3-5-16(18)26-19;/h3-9H,10-12H2,1-2H3;1H. The average molecular weight is 412 g/mol. The number of carbonyl (C=O) groups is 1. The summed E-state index contributed by atoms with van der Waals surface area (Å²) < 4.78 is 27.7. The van der Waals surface area contributed by atoms with Crippen LogP contribution in [0.15, 0.2) is 42.5 Å². The predicted molar refractivity (Wildman–Crippen MR) is 108 cm³/mol. The van der Waals surface area contributed by atoms with E-state index in [9.17, 15) is 13.6 Å². The van der Waals surface area contributed by atoms with Crippen molar-refractivity contribution < 1.29 is 13.6 Å². The summed E-state index contributed by atoms with van der Waals surface area (Å²) >= 11 is 1.29. The van der Waals surface area contributed by atoms with Crippen LogP contribution >= 0.6 is 23.7 Å². The number of benzene rings is 2. The first-order chi connectivity index (χ1) is 12.4. The number of amides is 1. The molecule has 0 bridgehead atoms. The summed E-state index contributed by atoms with van der Waals surface area (Å²) in [6.45, 7) is 1.09. The van der Waals surface area contributed by atoms with Crippen LogP contribution in [0.2, 0.25) is 0 Å². The number of aromatic nitrogens is 1. The van der Waals surface area contributed by atoms with E-state index in [1.807, 2.05) is 19.0 Å². The van der Waals surface area contributed by atoms with Crippen LogP contribution in [0.5, 0.6) is 0 Å². The maximum absolute atomic E-state index is 14.0. The minimum atomic E-state index is -0.399. The molecule has 0 saturated heterocycles. The van der Waals surface area contributed by atoms with Crippen molar-refractivity contribution in [3.63, 3.8) is 0 Å². The first-order valence-electron chi connectivity index (χ1n) is 8.18. The fraction of sp³-hybridized carbons (Fsp3) is 0.263. The summed E-state index contributed by atoms with van der Waals surface area (Å²) in [5.41, 5.74) is 0.996. The number of hydrogen-bond acceptors (Lipinski definition) is 4. The number of hydrogen-bond donors (Lipinski definition) is 0. The number of rotatable bonds is 6. The summed E-state index contributed by atoms with van der Waals surface area (Å²) in [5.74, 6) is -0.895. The second-order valence-corrected chi connectivity index (χ2v) is 7.24. The van der Waals surface area contributed by atoms with Gasteiger partial charge in [0.1, 0.15) is 17.2 Å². The molecule has 1 aromatic heterocycles. The average Bonchev–Trinajstić information content (AvgIpc) is 3.02. The molecule has 3 aromatic rings. The Hall–Kier alpha value is -2.09. The van der Waals surface area contributed by atoms with Crippen LogP contribution < -0.4 is 4.90 Å². The molecule has 0 aliphatic rings. The molecular formula is C19H20ClF2N3OS. The number of thiazole rings is 1. The Labute approximate surface area is 166 Å². The lowest BCUT2D eigenvalue weighted by Crippen LogP contribution is -2.37. The Morgan fingerprint density at radius 2 is 1.78 bits per heavy atom. The van der Waals surface area contributed by atoms with Crippen LogP contribution in [0.1, 0.15) is 5.56 Å². The van der Waals surface area contributed by atoms with Crippen molar-refractivity contribution in [1.29, 1.82) is 0 Å². The number of carbonyl (C=O) groups excluding carboxylic acids is 1. The Morgan fingerprint density at radius 3 is 2.41 bits per heavy atom. The van der Waals surface area contributed by atoms with Crippen LogP contribution in [0.4, 0.5) is 13.9 Å². The Morgan fingerprint density at radius 1 is 1.07 bits per heavy atom. The lowest BCUT2D eigenvalue weighted by molar-refractivity contribution is -0.118. The van der Waals surface area contributed by atoms with Crippen LogP contribution in [0, 0.1) is 11.6 Å². The normalized spacial score (nSPS) is 10.9. The summed E-state index contributed by atoms with van der Waals surface area (Å²) in [6, 6.07) is 10.6. The van der Waals surface area contributed by atoms with E-state index in [1.54, 1.807) is 29.2 Å². The van der Waals surface area contributed by atoms with Gasteiger partial charge in [0, 0.05) is 13.1 Å². The fourth-order valence-electron chi connectivity index (χ4n) is 2.52. The monoisotopic (exact) mass is 411 g/mol. The smallest absolute Gasteiger partial charge is 0.233 e. The molecule has 1 amide bonds. The highest BCUT2D eigenvalue weighted by molar-refractivity contribution is 7.22. The molecule has 0 atom stereocenters. The minimum Gasteiger partial charge on any atom is -0.308 e. The van der Waals surface area contributed by atoms with Gasteiger partial charge in [0.05, 0.1) is 11.1 Å². The first-order valence-corrected chi connectivity index (χ1v) is 9.00. The Balaban J connectivity index is 0.00000261. The highest BCUT2D eigenvalue weighted by Crippen LogP contribution is 2.30. The van der Waals surface area contributed by atoms with Gasteiger partial charge in [-0.15, -0.1) is 12.4 Å². The quantitative estimate of drug-likeness (QED) is 0.611. The molecule has 0 unspecified atom stereocenters. The number of fused-ring (bicyclic) bond motifs is 1. The molecule has 0 aliphatic heterocycles. The molecule has 4 nitrogen and oxygen atoms in total. The molecule has 0 radical (unpaired) electrons. The van der Waals surface area contributed by atoms with Gasteiger partial charge in [0.15, 0.2) is 5.13 Å². The lowest BCUT2D eigenvalue weighted by Gasteiger charge is -2.22. The van der Waals surface area contributed by atoms with E-state index in [0.717, 1.165) is 5.56 Å². The fourth-order valence-corrected chi connectivity index (χ4v) is 3.54. The summed E-state index contributed by atoms with van der Waals surface area (Å²) in [4.78, 5) is 20.7. The van der Waals surface area contributed by atoms with E-state index in [-0.39, 0.29) is 36.1 Å². The zero-order valence-electron chi connectivity index (χ0n) is 15.0. The van der Waals surface area contributed by atoms with Crippen molar-refractivity contribution in [2.24, 2.45) is 0 Å². The van der Waals surface area contributed by atoms with Crippen LogP contribution in [-0.4, -0.2) is 43.0 Å². The lowest BCUT2D eigenvalue weighted by atomic mass is 10.1. The van der Waals surface area contributed by atoms with Gasteiger partial charge >= 0.3 is 0 Å². The molecule has 1 heterocycles. The molecule has 0 spiro atoms. The summed E-state index contributed by atoms with van der Waals surface area (Å²) in [6.07, 6.45) is 0.131. The van der Waals surface area contributed by atoms with E-state index < -0.39 is 5.82 Å². The van der Waals surface area contributed by atoms with Gasteiger partial charge < -0.3 is 4.90 Å². The molecule has 0 N–H and O–H groups in total. The first kappa shape index (κ1) is 21.2. The largest absolute Gasteiger partial charge is 0.308 e. The number of nitrogens with zero attached hydrogens (tertiary/aromatic N) is 3. The van der Waals surface area contributed by atoms with Gasteiger partial charge in [-0.25, -0.2) is 13.8 Å². The molecular weight excluding hydrogens is 392 g/mol. The second kappa shape index (κ2) is 9.21. The van der Waals surface area contributed by atoms with Gasteiger partial charge in [0.2, 0.25) is 5.91 Å². The highest BCUT2D eigenvalue weighted by Gasteiger charge is 2.21. The molecule has 0 saturated carbocycles. The highest BCUT2D eigenvalue weighted by atomic mass is 35.5. The van der Waals surface area contributed by atoms with E-state index in [1.165, 1.54) is 29.5 Å². The summed E-state index contributed by atoms with van der Waals surface area (Å²) in [5, 5.41) is 0.471. The molecule has 144 valence electrons. The van der Waals surface area contributed by atoms with Gasteiger partial charge in [-0.05, 0) is 43.9 Å². The van der Waals surface area contributed by atoms with E-state index >= 15 is 0 Å². The van der Waals surface area contributed by atoms with Crippen molar-refractivity contribution in [2.75, 3.05) is 32.1 Å². The molecule has 3 rings (SSSR count). The number of likely N-dealkylation sites (N-methyl/N-ethyl adjacent to an activating group) is 1. The molecule has 8 heteroatoms. The van der Waals surface area contributed by atoms with Gasteiger partial charge in [-0.1, -0.05) is 29.5 Å². The van der Waals surface area contributed by atoms with Gasteiger partial charge in [-0.3, -0.25) is 9.69 Å². The molecule has 0 fully saturated rings. The van der Waals surface area contributed by atoms with Crippen molar-refractivity contribution >= 4 is 45.0 Å². The van der Waals surface area contributed by atoms with Crippen molar-refractivity contribution in [2.45, 2.75) is 6.42 Å².